The molecule has 84 valence electrons. The standard InChI is InChI=1S/C13H21NO/c1-10(2)6-5-7-11(3)12-8-13(15)14(4)9-12/h6,8,11H,5,7,9H2,1-4H3. The van der Waals surface area contributed by atoms with Crippen molar-refractivity contribution >= 4 is 5.91 Å². The van der Waals surface area contributed by atoms with Crippen LogP contribution in [-0.2, 0) is 4.79 Å². The van der Waals surface area contributed by atoms with E-state index in [1.165, 1.54) is 11.1 Å². The van der Waals surface area contributed by atoms with Crippen LogP contribution < -0.4 is 0 Å². The summed E-state index contributed by atoms with van der Waals surface area (Å²) in [6.07, 6.45) is 6.31. The molecule has 1 heterocycles. The number of amides is 1. The SMILES string of the molecule is CC(C)=CCCC(C)C1=CC(=O)N(C)C1. The smallest absolute Gasteiger partial charge is 0.246 e. The van der Waals surface area contributed by atoms with Gasteiger partial charge in [0, 0.05) is 19.7 Å². The van der Waals surface area contributed by atoms with Crippen molar-refractivity contribution in [1.82, 2.24) is 4.90 Å². The summed E-state index contributed by atoms with van der Waals surface area (Å²) in [5, 5.41) is 0. The zero-order valence-corrected chi connectivity index (χ0v) is 10.2. The third-order valence-corrected chi connectivity index (χ3v) is 2.89. The molecule has 0 fully saturated rings. The molecule has 1 amide bonds. The first kappa shape index (κ1) is 12.0. The van der Waals surface area contributed by atoms with E-state index in [2.05, 4.69) is 26.8 Å². The monoisotopic (exact) mass is 207 g/mol. The van der Waals surface area contributed by atoms with Gasteiger partial charge in [-0.15, -0.1) is 0 Å². The van der Waals surface area contributed by atoms with E-state index in [-0.39, 0.29) is 5.91 Å². The lowest BCUT2D eigenvalue weighted by Crippen LogP contribution is -2.20. The lowest BCUT2D eigenvalue weighted by atomic mass is 9.96. The summed E-state index contributed by atoms with van der Waals surface area (Å²) in [6.45, 7) is 7.26. The Morgan fingerprint density at radius 2 is 2.27 bits per heavy atom. The molecular formula is C13H21NO. The Kier molecular flexibility index (Phi) is 4.13. The Labute approximate surface area is 92.7 Å². The summed E-state index contributed by atoms with van der Waals surface area (Å²) in [5.74, 6) is 0.675. The molecule has 1 aliphatic rings. The average molecular weight is 207 g/mol. The zero-order chi connectivity index (χ0) is 11.4. The summed E-state index contributed by atoms with van der Waals surface area (Å²) < 4.78 is 0. The summed E-state index contributed by atoms with van der Waals surface area (Å²) in [5.41, 5.74) is 2.65. The fourth-order valence-corrected chi connectivity index (χ4v) is 1.77. The molecule has 1 rings (SSSR count). The molecule has 1 unspecified atom stereocenters. The average Bonchev–Trinajstić information content (AvgIpc) is 2.46. The number of likely N-dealkylation sites (N-methyl/N-ethyl adjacent to an activating group) is 1. The van der Waals surface area contributed by atoms with Gasteiger partial charge in [-0.25, -0.2) is 0 Å². The van der Waals surface area contributed by atoms with E-state index in [1.807, 2.05) is 7.05 Å². The van der Waals surface area contributed by atoms with Crippen molar-refractivity contribution in [1.29, 1.82) is 0 Å². The highest BCUT2D eigenvalue weighted by Crippen LogP contribution is 2.22. The first-order valence-electron chi connectivity index (χ1n) is 5.59. The highest BCUT2D eigenvalue weighted by Gasteiger charge is 2.20. The van der Waals surface area contributed by atoms with Gasteiger partial charge in [0.05, 0.1) is 0 Å². The molecule has 1 atom stereocenters. The molecule has 1 aliphatic heterocycles. The van der Waals surface area contributed by atoms with Gasteiger partial charge in [-0.2, -0.15) is 0 Å². The number of carbonyl (C=O) groups excluding carboxylic acids is 1. The van der Waals surface area contributed by atoms with Crippen LogP contribution in [0.15, 0.2) is 23.3 Å². The number of hydrogen-bond donors (Lipinski definition) is 0. The van der Waals surface area contributed by atoms with Crippen LogP contribution in [0.2, 0.25) is 0 Å². The van der Waals surface area contributed by atoms with Crippen molar-refractivity contribution in [2.75, 3.05) is 13.6 Å². The first-order chi connectivity index (χ1) is 7.00. The predicted molar refractivity (Wildman–Crippen MR) is 63.5 cm³/mol. The van der Waals surface area contributed by atoms with E-state index in [1.54, 1.807) is 11.0 Å². The molecule has 0 aliphatic carbocycles. The molecular weight excluding hydrogens is 186 g/mol. The van der Waals surface area contributed by atoms with Crippen molar-refractivity contribution in [2.24, 2.45) is 5.92 Å². The van der Waals surface area contributed by atoms with E-state index in [4.69, 9.17) is 0 Å². The largest absolute Gasteiger partial charge is 0.338 e. The number of carbonyl (C=O) groups is 1. The number of allylic oxidation sites excluding steroid dienone is 2. The summed E-state index contributed by atoms with van der Waals surface area (Å²) in [7, 11) is 1.86. The molecule has 0 radical (unpaired) electrons. The maximum atomic E-state index is 11.3. The van der Waals surface area contributed by atoms with Gasteiger partial charge >= 0.3 is 0 Å². The quantitative estimate of drug-likeness (QED) is 0.649. The maximum Gasteiger partial charge on any atom is 0.246 e. The fourth-order valence-electron chi connectivity index (χ4n) is 1.77. The van der Waals surface area contributed by atoms with Gasteiger partial charge in [-0.1, -0.05) is 18.6 Å². The Balaban J connectivity index is 2.42. The van der Waals surface area contributed by atoms with Crippen molar-refractivity contribution < 1.29 is 4.79 Å². The predicted octanol–water partition coefficient (Wildman–Crippen LogP) is 2.77. The maximum absolute atomic E-state index is 11.3. The lowest BCUT2D eigenvalue weighted by molar-refractivity contribution is -0.123. The molecule has 2 nitrogen and oxygen atoms in total. The Morgan fingerprint density at radius 3 is 2.73 bits per heavy atom. The molecule has 0 saturated carbocycles. The highest BCUT2D eigenvalue weighted by molar-refractivity contribution is 5.91. The Bertz CT molecular complexity index is 298. The van der Waals surface area contributed by atoms with Crippen LogP contribution in [-0.4, -0.2) is 24.4 Å². The fraction of sp³-hybridized carbons (Fsp3) is 0.615. The van der Waals surface area contributed by atoms with Crippen molar-refractivity contribution in [3.63, 3.8) is 0 Å². The second-order valence-corrected chi connectivity index (χ2v) is 4.67. The topological polar surface area (TPSA) is 20.3 Å². The van der Waals surface area contributed by atoms with Crippen LogP contribution in [0.3, 0.4) is 0 Å². The molecule has 2 heteroatoms. The van der Waals surface area contributed by atoms with Gasteiger partial charge < -0.3 is 4.90 Å². The van der Waals surface area contributed by atoms with Gasteiger partial charge in [0.1, 0.15) is 0 Å². The van der Waals surface area contributed by atoms with Gasteiger partial charge in [-0.3, -0.25) is 4.79 Å². The van der Waals surface area contributed by atoms with Crippen LogP contribution in [0.4, 0.5) is 0 Å². The summed E-state index contributed by atoms with van der Waals surface area (Å²) in [6, 6.07) is 0. The van der Waals surface area contributed by atoms with E-state index < -0.39 is 0 Å². The second kappa shape index (κ2) is 5.15. The Hall–Kier alpha value is -1.05. The Morgan fingerprint density at radius 1 is 1.60 bits per heavy atom. The van der Waals surface area contributed by atoms with E-state index in [9.17, 15) is 4.79 Å². The van der Waals surface area contributed by atoms with Gasteiger partial charge in [0.15, 0.2) is 0 Å². The minimum absolute atomic E-state index is 0.152. The van der Waals surface area contributed by atoms with E-state index in [0.29, 0.717) is 5.92 Å². The highest BCUT2D eigenvalue weighted by atomic mass is 16.2. The lowest BCUT2D eigenvalue weighted by Gasteiger charge is -2.13. The summed E-state index contributed by atoms with van der Waals surface area (Å²) >= 11 is 0. The molecule has 15 heavy (non-hydrogen) atoms. The third-order valence-electron chi connectivity index (χ3n) is 2.89. The van der Waals surface area contributed by atoms with Crippen molar-refractivity contribution in [2.45, 2.75) is 33.6 Å². The van der Waals surface area contributed by atoms with Crippen LogP contribution >= 0.6 is 0 Å². The number of hydrogen-bond acceptors (Lipinski definition) is 1. The number of nitrogens with zero attached hydrogens (tertiary/aromatic N) is 1. The van der Waals surface area contributed by atoms with Gasteiger partial charge in [0.2, 0.25) is 5.91 Å². The van der Waals surface area contributed by atoms with Gasteiger partial charge in [0.25, 0.3) is 0 Å². The summed E-state index contributed by atoms with van der Waals surface area (Å²) in [4.78, 5) is 13.1. The molecule has 0 aromatic heterocycles. The van der Waals surface area contributed by atoms with Gasteiger partial charge in [-0.05, 0) is 38.2 Å². The zero-order valence-electron chi connectivity index (χ0n) is 10.2. The third kappa shape index (κ3) is 3.54. The molecule has 0 aromatic carbocycles. The molecule has 0 aromatic rings. The van der Waals surface area contributed by atoms with Crippen LogP contribution in [0.5, 0.6) is 0 Å². The molecule has 0 bridgehead atoms. The van der Waals surface area contributed by atoms with Crippen LogP contribution in [0, 0.1) is 5.92 Å². The van der Waals surface area contributed by atoms with Crippen molar-refractivity contribution in [3.8, 4) is 0 Å². The van der Waals surface area contributed by atoms with E-state index in [0.717, 1.165) is 19.4 Å². The second-order valence-electron chi connectivity index (χ2n) is 4.67. The van der Waals surface area contributed by atoms with Crippen molar-refractivity contribution in [3.05, 3.63) is 23.3 Å². The van der Waals surface area contributed by atoms with E-state index >= 15 is 0 Å². The number of rotatable bonds is 4. The molecule has 0 saturated heterocycles. The normalized spacial score (nSPS) is 17.7. The molecule has 0 N–H and O–H groups in total. The molecule has 0 spiro atoms. The van der Waals surface area contributed by atoms with Crippen LogP contribution in [0.1, 0.15) is 33.6 Å². The first-order valence-corrected chi connectivity index (χ1v) is 5.59. The minimum atomic E-state index is 0.152. The van der Waals surface area contributed by atoms with Crippen LogP contribution in [0.25, 0.3) is 0 Å². The minimum Gasteiger partial charge on any atom is -0.338 e.